The van der Waals surface area contributed by atoms with Gasteiger partial charge in [0.2, 0.25) is 0 Å². The monoisotopic (exact) mass is 525 g/mol. The van der Waals surface area contributed by atoms with Gasteiger partial charge in [0.05, 0.1) is 16.3 Å². The fourth-order valence-corrected chi connectivity index (χ4v) is 5.35. The summed E-state index contributed by atoms with van der Waals surface area (Å²) in [6.45, 7) is 5.25. The van der Waals surface area contributed by atoms with Crippen molar-refractivity contribution in [2.45, 2.75) is 26.9 Å². The molecule has 1 aliphatic rings. The standard InChI is InChI=1S/C30H27N3O2S2/c1-3-17-32-29(34)27(37-30(32)36)18-24-19-33(25-7-5-4-6-8-25)31-28(24)23-13-15-26(16-14-23)35-20-22-11-9-21(2)10-12-22/h4-16,18-19H,3,17,20H2,1-2H3. The third-order valence-electron chi connectivity index (χ3n) is 6.02. The van der Waals surface area contributed by atoms with Gasteiger partial charge in [-0.3, -0.25) is 9.69 Å². The first-order valence-electron chi connectivity index (χ1n) is 12.2. The van der Waals surface area contributed by atoms with Gasteiger partial charge >= 0.3 is 0 Å². The number of aryl methyl sites for hydroxylation is 1. The summed E-state index contributed by atoms with van der Waals surface area (Å²) in [6, 6.07) is 26.2. The van der Waals surface area contributed by atoms with Crippen LogP contribution >= 0.6 is 24.0 Å². The first-order valence-corrected chi connectivity index (χ1v) is 13.4. The molecule has 0 aliphatic carbocycles. The zero-order chi connectivity index (χ0) is 25.8. The summed E-state index contributed by atoms with van der Waals surface area (Å²) >= 11 is 6.80. The van der Waals surface area contributed by atoms with E-state index in [1.807, 2.05) is 78.5 Å². The van der Waals surface area contributed by atoms with E-state index in [2.05, 4.69) is 31.2 Å². The van der Waals surface area contributed by atoms with E-state index in [4.69, 9.17) is 22.1 Å². The van der Waals surface area contributed by atoms with Crippen molar-refractivity contribution in [1.29, 1.82) is 0 Å². The Labute approximate surface area is 226 Å². The molecule has 0 unspecified atom stereocenters. The fourth-order valence-electron chi connectivity index (χ4n) is 4.05. The second-order valence-corrected chi connectivity index (χ2v) is 10.5. The van der Waals surface area contributed by atoms with Gasteiger partial charge in [-0.25, -0.2) is 4.68 Å². The quantitative estimate of drug-likeness (QED) is 0.182. The normalized spacial score (nSPS) is 14.5. The van der Waals surface area contributed by atoms with E-state index in [0.29, 0.717) is 22.4 Å². The zero-order valence-electron chi connectivity index (χ0n) is 20.8. The number of thiocarbonyl (C=S) groups is 1. The molecule has 1 amide bonds. The van der Waals surface area contributed by atoms with Gasteiger partial charge < -0.3 is 4.74 Å². The summed E-state index contributed by atoms with van der Waals surface area (Å²) in [7, 11) is 0. The van der Waals surface area contributed by atoms with Gasteiger partial charge in [-0.15, -0.1) is 0 Å². The summed E-state index contributed by atoms with van der Waals surface area (Å²) in [6.07, 6.45) is 4.71. The van der Waals surface area contributed by atoms with Crippen LogP contribution in [-0.2, 0) is 11.4 Å². The maximum absolute atomic E-state index is 13.0. The van der Waals surface area contributed by atoms with E-state index >= 15 is 0 Å². The third kappa shape index (κ3) is 5.68. The van der Waals surface area contributed by atoms with E-state index in [9.17, 15) is 4.79 Å². The van der Waals surface area contributed by atoms with Crippen molar-refractivity contribution in [1.82, 2.24) is 14.7 Å². The van der Waals surface area contributed by atoms with Crippen molar-refractivity contribution in [3.8, 4) is 22.7 Å². The molecule has 0 radical (unpaired) electrons. The summed E-state index contributed by atoms with van der Waals surface area (Å²) in [5.74, 6) is 0.740. The summed E-state index contributed by atoms with van der Waals surface area (Å²) in [4.78, 5) is 15.3. The number of aromatic nitrogens is 2. The third-order valence-corrected chi connectivity index (χ3v) is 7.40. The lowest BCUT2D eigenvalue weighted by molar-refractivity contribution is -0.122. The number of amides is 1. The molecule has 0 saturated carbocycles. The molecular weight excluding hydrogens is 498 g/mol. The van der Waals surface area contributed by atoms with Crippen molar-refractivity contribution >= 4 is 40.3 Å². The number of carbonyl (C=O) groups is 1. The maximum Gasteiger partial charge on any atom is 0.266 e. The number of hydrogen-bond acceptors (Lipinski definition) is 5. The van der Waals surface area contributed by atoms with Gasteiger partial charge in [0.15, 0.2) is 0 Å². The SMILES string of the molecule is CCCN1C(=O)C(=Cc2cn(-c3ccccc3)nc2-c2ccc(OCc3ccc(C)cc3)cc2)SC1=S. The van der Waals surface area contributed by atoms with Gasteiger partial charge in [0.1, 0.15) is 16.7 Å². The highest BCUT2D eigenvalue weighted by molar-refractivity contribution is 8.26. The van der Waals surface area contributed by atoms with Crippen LogP contribution in [0.15, 0.2) is 90.0 Å². The average molecular weight is 526 g/mol. The van der Waals surface area contributed by atoms with Crippen molar-refractivity contribution in [2.75, 3.05) is 6.54 Å². The molecule has 5 nitrogen and oxygen atoms in total. The molecule has 3 aromatic carbocycles. The number of hydrogen-bond donors (Lipinski definition) is 0. The summed E-state index contributed by atoms with van der Waals surface area (Å²) in [5, 5.41) is 4.89. The Bertz CT molecular complexity index is 1440. The van der Waals surface area contributed by atoms with Crippen LogP contribution in [0.4, 0.5) is 0 Å². The van der Waals surface area contributed by atoms with E-state index in [1.54, 1.807) is 4.90 Å². The number of thioether (sulfide) groups is 1. The Kier molecular flexibility index (Phi) is 7.53. The molecule has 0 atom stereocenters. The number of carbonyl (C=O) groups excluding carboxylic acids is 1. The van der Waals surface area contributed by atoms with Gasteiger partial charge in [0.25, 0.3) is 5.91 Å². The zero-order valence-corrected chi connectivity index (χ0v) is 22.4. The van der Waals surface area contributed by atoms with Crippen LogP contribution in [0, 0.1) is 6.92 Å². The molecule has 1 fully saturated rings. The molecule has 37 heavy (non-hydrogen) atoms. The summed E-state index contributed by atoms with van der Waals surface area (Å²) < 4.78 is 8.44. The van der Waals surface area contributed by atoms with E-state index in [1.165, 1.54) is 17.3 Å². The molecule has 0 bridgehead atoms. The number of ether oxygens (including phenoxy) is 1. The molecular formula is C30H27N3O2S2. The number of rotatable bonds is 8. The van der Waals surface area contributed by atoms with Gasteiger partial charge in [-0.05, 0) is 61.4 Å². The van der Waals surface area contributed by atoms with Crippen molar-refractivity contribution < 1.29 is 9.53 Å². The van der Waals surface area contributed by atoms with Gasteiger partial charge in [-0.2, -0.15) is 5.10 Å². The Balaban J connectivity index is 1.44. The molecule has 7 heteroatoms. The van der Waals surface area contributed by atoms with Gasteiger partial charge in [-0.1, -0.05) is 78.9 Å². The average Bonchev–Trinajstić information content (AvgIpc) is 3.46. The molecule has 186 valence electrons. The van der Waals surface area contributed by atoms with Crippen LogP contribution in [-0.4, -0.2) is 31.5 Å². The highest BCUT2D eigenvalue weighted by Gasteiger charge is 2.31. The Morgan fingerprint density at radius 1 is 1.00 bits per heavy atom. The lowest BCUT2D eigenvalue weighted by atomic mass is 10.1. The Hall–Kier alpha value is -3.68. The van der Waals surface area contributed by atoms with Crippen LogP contribution < -0.4 is 4.74 Å². The number of benzene rings is 3. The second-order valence-electron chi connectivity index (χ2n) is 8.85. The van der Waals surface area contributed by atoms with Gasteiger partial charge in [0, 0.05) is 23.9 Å². The van der Waals surface area contributed by atoms with Crippen LogP contribution in [0.25, 0.3) is 23.0 Å². The molecule has 1 aromatic heterocycles. The highest BCUT2D eigenvalue weighted by atomic mass is 32.2. The number of para-hydroxylation sites is 1. The van der Waals surface area contributed by atoms with E-state index < -0.39 is 0 Å². The minimum Gasteiger partial charge on any atom is -0.489 e. The van der Waals surface area contributed by atoms with Crippen LogP contribution in [0.3, 0.4) is 0 Å². The molecule has 5 rings (SSSR count). The second kappa shape index (κ2) is 11.2. The van der Waals surface area contributed by atoms with E-state index in [0.717, 1.165) is 40.2 Å². The largest absolute Gasteiger partial charge is 0.489 e. The first-order chi connectivity index (χ1) is 18.0. The van der Waals surface area contributed by atoms with Crippen molar-refractivity contribution in [2.24, 2.45) is 0 Å². The first kappa shape index (κ1) is 25.0. The minimum absolute atomic E-state index is 0.0462. The van der Waals surface area contributed by atoms with Crippen LogP contribution in [0.1, 0.15) is 30.0 Å². The van der Waals surface area contributed by atoms with Crippen molar-refractivity contribution in [3.63, 3.8) is 0 Å². The Morgan fingerprint density at radius 2 is 1.73 bits per heavy atom. The predicted molar refractivity (Wildman–Crippen MR) is 155 cm³/mol. The smallest absolute Gasteiger partial charge is 0.266 e. The highest BCUT2D eigenvalue weighted by Crippen LogP contribution is 2.35. The Morgan fingerprint density at radius 3 is 2.43 bits per heavy atom. The predicted octanol–water partition coefficient (Wildman–Crippen LogP) is 7.04. The molecule has 0 spiro atoms. The molecule has 4 aromatic rings. The maximum atomic E-state index is 13.0. The van der Waals surface area contributed by atoms with Crippen LogP contribution in [0.2, 0.25) is 0 Å². The topological polar surface area (TPSA) is 47.4 Å². The fraction of sp³-hybridized carbons (Fsp3) is 0.167. The summed E-state index contributed by atoms with van der Waals surface area (Å²) in [5.41, 5.74) is 5.88. The minimum atomic E-state index is -0.0462. The van der Waals surface area contributed by atoms with E-state index in [-0.39, 0.29) is 5.91 Å². The molecule has 1 aliphatic heterocycles. The molecule has 0 N–H and O–H groups in total. The van der Waals surface area contributed by atoms with Crippen molar-refractivity contribution in [3.05, 3.63) is 107 Å². The molecule has 1 saturated heterocycles. The lowest BCUT2D eigenvalue weighted by Gasteiger charge is -2.11. The number of nitrogens with zero attached hydrogens (tertiary/aromatic N) is 3. The lowest BCUT2D eigenvalue weighted by Crippen LogP contribution is -2.28. The van der Waals surface area contributed by atoms with Crippen LogP contribution in [0.5, 0.6) is 5.75 Å². The molecule has 2 heterocycles.